The number of methoxy groups -OCH3 is 1. The summed E-state index contributed by atoms with van der Waals surface area (Å²) in [5, 5.41) is 0.425. The quantitative estimate of drug-likeness (QED) is 0.472. The average Bonchev–Trinajstić information content (AvgIpc) is 3.41. The number of nitrogens with zero attached hydrogens (tertiary/aromatic N) is 2. The van der Waals surface area contributed by atoms with Crippen LogP contribution in [0.5, 0.6) is 17.2 Å². The third-order valence-electron chi connectivity index (χ3n) is 5.79. The van der Waals surface area contributed by atoms with Gasteiger partial charge in [0.25, 0.3) is 5.56 Å². The van der Waals surface area contributed by atoms with Crippen LogP contribution in [0.15, 0.2) is 57.5 Å². The average molecular weight is 527 g/mol. The van der Waals surface area contributed by atoms with Gasteiger partial charge in [0.15, 0.2) is 16.3 Å². The molecule has 0 unspecified atom stereocenters. The van der Waals surface area contributed by atoms with E-state index in [1.54, 1.807) is 58.2 Å². The first-order chi connectivity index (χ1) is 17.3. The van der Waals surface area contributed by atoms with Gasteiger partial charge in [0, 0.05) is 6.07 Å². The van der Waals surface area contributed by atoms with Crippen molar-refractivity contribution in [1.82, 2.24) is 4.57 Å². The fourth-order valence-electron chi connectivity index (χ4n) is 4.15. The van der Waals surface area contributed by atoms with Gasteiger partial charge in [-0.3, -0.25) is 9.36 Å². The largest absolute Gasteiger partial charge is 0.497 e. The molecule has 186 valence electrons. The van der Waals surface area contributed by atoms with E-state index in [9.17, 15) is 9.59 Å². The van der Waals surface area contributed by atoms with Crippen molar-refractivity contribution in [3.8, 4) is 17.2 Å². The molecule has 1 aromatic heterocycles. The standard InChI is InChI=1S/C26H23ClN2O6S/c1-13(2)35-25(31)22-14(3)28-26-29(23(22)15-5-7-17(32-4)8-6-15)24(30)21(36-26)10-16-9-19-20(11-18(16)27)34-12-33-19/h5-11,13,23H,12H2,1-4H3/b21-10+/t23-/m1/s1. The highest BCUT2D eigenvalue weighted by atomic mass is 35.5. The lowest BCUT2D eigenvalue weighted by atomic mass is 9.96. The molecule has 3 aromatic rings. The summed E-state index contributed by atoms with van der Waals surface area (Å²) in [5.74, 6) is 1.27. The fraction of sp³-hybridized carbons (Fsp3) is 0.269. The summed E-state index contributed by atoms with van der Waals surface area (Å²) < 4.78 is 23.6. The molecule has 0 spiro atoms. The van der Waals surface area contributed by atoms with Crippen molar-refractivity contribution in [2.45, 2.75) is 32.9 Å². The topological polar surface area (TPSA) is 88.4 Å². The van der Waals surface area contributed by atoms with Crippen molar-refractivity contribution in [2.75, 3.05) is 13.9 Å². The number of esters is 1. The Kier molecular flexibility index (Phi) is 6.36. The zero-order valence-electron chi connectivity index (χ0n) is 20.0. The summed E-state index contributed by atoms with van der Waals surface area (Å²) >= 11 is 7.67. The van der Waals surface area contributed by atoms with Gasteiger partial charge < -0.3 is 18.9 Å². The number of carbonyl (C=O) groups is 1. The van der Waals surface area contributed by atoms with E-state index < -0.39 is 12.0 Å². The number of halogens is 1. The van der Waals surface area contributed by atoms with Crippen LogP contribution in [0.1, 0.15) is 37.9 Å². The minimum Gasteiger partial charge on any atom is -0.497 e. The maximum Gasteiger partial charge on any atom is 0.338 e. The summed E-state index contributed by atoms with van der Waals surface area (Å²) in [4.78, 5) is 32.0. The van der Waals surface area contributed by atoms with Crippen molar-refractivity contribution in [1.29, 1.82) is 0 Å². The van der Waals surface area contributed by atoms with Crippen LogP contribution in [-0.4, -0.2) is 30.5 Å². The molecule has 2 aliphatic heterocycles. The molecule has 0 amide bonds. The van der Waals surface area contributed by atoms with Crippen LogP contribution in [0.4, 0.5) is 0 Å². The highest BCUT2D eigenvalue weighted by Gasteiger charge is 2.34. The Morgan fingerprint density at radius 3 is 2.58 bits per heavy atom. The summed E-state index contributed by atoms with van der Waals surface area (Å²) in [5.41, 5.74) is 1.86. The van der Waals surface area contributed by atoms with E-state index in [0.717, 1.165) is 5.56 Å². The van der Waals surface area contributed by atoms with Gasteiger partial charge in [-0.25, -0.2) is 9.79 Å². The van der Waals surface area contributed by atoms with Crippen LogP contribution in [-0.2, 0) is 9.53 Å². The van der Waals surface area contributed by atoms with Gasteiger partial charge in [0.1, 0.15) is 5.75 Å². The molecule has 0 saturated heterocycles. The van der Waals surface area contributed by atoms with Crippen molar-refractivity contribution in [3.05, 3.63) is 83.5 Å². The monoisotopic (exact) mass is 526 g/mol. The van der Waals surface area contributed by atoms with E-state index in [1.165, 1.54) is 15.9 Å². The zero-order chi connectivity index (χ0) is 25.6. The number of hydrogen-bond donors (Lipinski definition) is 0. The second kappa shape index (κ2) is 9.48. The lowest BCUT2D eigenvalue weighted by molar-refractivity contribution is -0.143. The molecule has 2 aromatic carbocycles. The predicted molar refractivity (Wildman–Crippen MR) is 136 cm³/mol. The predicted octanol–water partition coefficient (Wildman–Crippen LogP) is 3.58. The molecular weight excluding hydrogens is 504 g/mol. The maximum absolute atomic E-state index is 13.8. The molecular formula is C26H23ClN2O6S. The van der Waals surface area contributed by atoms with E-state index in [0.29, 0.717) is 48.4 Å². The van der Waals surface area contributed by atoms with Crippen LogP contribution in [0, 0.1) is 0 Å². The number of thiazole rings is 1. The lowest BCUT2D eigenvalue weighted by Gasteiger charge is -2.25. The van der Waals surface area contributed by atoms with Gasteiger partial charge in [-0.15, -0.1) is 0 Å². The van der Waals surface area contributed by atoms with Crippen molar-refractivity contribution < 1.29 is 23.7 Å². The maximum atomic E-state index is 13.8. The Morgan fingerprint density at radius 2 is 1.92 bits per heavy atom. The van der Waals surface area contributed by atoms with Crippen LogP contribution < -0.4 is 29.1 Å². The van der Waals surface area contributed by atoms with E-state index in [-0.39, 0.29) is 18.5 Å². The smallest absolute Gasteiger partial charge is 0.338 e. The molecule has 0 bridgehead atoms. The Hall–Kier alpha value is -3.56. The Labute approximate surface area is 215 Å². The number of fused-ring (bicyclic) bond motifs is 2. The molecule has 0 N–H and O–H groups in total. The highest BCUT2D eigenvalue weighted by Crippen LogP contribution is 2.37. The van der Waals surface area contributed by atoms with Crippen LogP contribution in [0.3, 0.4) is 0 Å². The molecule has 36 heavy (non-hydrogen) atoms. The molecule has 2 aliphatic rings. The van der Waals surface area contributed by atoms with Crippen LogP contribution in [0.2, 0.25) is 5.02 Å². The fourth-order valence-corrected chi connectivity index (χ4v) is 5.39. The van der Waals surface area contributed by atoms with Gasteiger partial charge in [0.05, 0.1) is 40.1 Å². The Balaban J connectivity index is 1.69. The summed E-state index contributed by atoms with van der Waals surface area (Å²) in [6.45, 7) is 5.42. The third-order valence-corrected chi connectivity index (χ3v) is 7.10. The summed E-state index contributed by atoms with van der Waals surface area (Å²) in [7, 11) is 1.58. The van der Waals surface area contributed by atoms with Crippen LogP contribution in [0.25, 0.3) is 6.08 Å². The first kappa shape index (κ1) is 24.1. The summed E-state index contributed by atoms with van der Waals surface area (Å²) in [6, 6.07) is 9.93. The first-order valence-corrected chi connectivity index (χ1v) is 12.4. The van der Waals surface area contributed by atoms with Gasteiger partial charge in [-0.2, -0.15) is 0 Å². The van der Waals surface area contributed by atoms with Gasteiger partial charge in [-0.05, 0) is 56.2 Å². The van der Waals surface area contributed by atoms with Crippen molar-refractivity contribution in [3.63, 3.8) is 0 Å². The Bertz CT molecular complexity index is 1570. The van der Waals surface area contributed by atoms with Gasteiger partial charge in [0.2, 0.25) is 6.79 Å². The molecule has 0 fully saturated rings. The van der Waals surface area contributed by atoms with E-state index in [4.69, 9.17) is 30.5 Å². The lowest BCUT2D eigenvalue weighted by Crippen LogP contribution is -2.40. The SMILES string of the molecule is COc1ccc([C@@H]2C(C(=O)OC(C)C)=C(C)N=c3s/c(=C/c4cc5c(cc4Cl)OCO5)c(=O)n32)cc1. The molecule has 10 heteroatoms. The van der Waals surface area contributed by atoms with Crippen LogP contribution >= 0.6 is 22.9 Å². The third kappa shape index (κ3) is 4.29. The summed E-state index contributed by atoms with van der Waals surface area (Å²) in [6.07, 6.45) is 1.37. The molecule has 0 radical (unpaired) electrons. The second-order valence-corrected chi connectivity index (χ2v) is 9.95. The molecule has 0 aliphatic carbocycles. The number of allylic oxidation sites excluding steroid dienone is 1. The van der Waals surface area contributed by atoms with Crippen molar-refractivity contribution in [2.24, 2.45) is 4.99 Å². The first-order valence-electron chi connectivity index (χ1n) is 11.2. The molecule has 0 saturated carbocycles. The minimum atomic E-state index is -0.715. The van der Waals surface area contributed by atoms with Crippen molar-refractivity contribution >= 4 is 35.0 Å². The molecule has 8 nitrogen and oxygen atoms in total. The van der Waals surface area contributed by atoms with E-state index in [1.807, 2.05) is 12.1 Å². The Morgan fingerprint density at radius 1 is 1.22 bits per heavy atom. The molecule has 1 atom stereocenters. The van der Waals surface area contributed by atoms with E-state index in [2.05, 4.69) is 4.99 Å². The number of hydrogen-bond acceptors (Lipinski definition) is 8. The zero-order valence-corrected chi connectivity index (χ0v) is 21.6. The van der Waals surface area contributed by atoms with Gasteiger partial charge >= 0.3 is 5.97 Å². The highest BCUT2D eigenvalue weighted by molar-refractivity contribution is 7.07. The second-order valence-electron chi connectivity index (χ2n) is 8.54. The number of rotatable bonds is 5. The normalized spacial score (nSPS) is 16.7. The molecule has 5 rings (SSSR count). The molecule has 3 heterocycles. The van der Waals surface area contributed by atoms with E-state index >= 15 is 0 Å². The van der Waals surface area contributed by atoms with Gasteiger partial charge in [-0.1, -0.05) is 35.1 Å². The number of carbonyl (C=O) groups excluding carboxylic acids is 1. The minimum absolute atomic E-state index is 0.119. The number of aromatic nitrogens is 1. The number of ether oxygens (including phenoxy) is 4. The number of benzene rings is 2.